The summed E-state index contributed by atoms with van der Waals surface area (Å²) in [7, 11) is -5.80. The molecule has 3 fully saturated rings. The van der Waals surface area contributed by atoms with Gasteiger partial charge in [-0.15, -0.1) is 0 Å². The van der Waals surface area contributed by atoms with Gasteiger partial charge in [0.25, 0.3) is 0 Å². The zero-order chi connectivity index (χ0) is 18.6. The molecule has 7 nitrogen and oxygen atoms in total. The van der Waals surface area contributed by atoms with Crippen molar-refractivity contribution in [1.29, 1.82) is 0 Å². The molecule has 0 aromatic rings. The lowest BCUT2D eigenvalue weighted by molar-refractivity contribution is -0.156. The molecule has 2 saturated carbocycles. The van der Waals surface area contributed by atoms with Crippen molar-refractivity contribution in [2.24, 2.45) is 23.7 Å². The molecular formula is C14H18F3NO6S. The second kappa shape index (κ2) is 5.83. The quantitative estimate of drug-likeness (QED) is 0.558. The highest BCUT2D eigenvalue weighted by molar-refractivity contribution is 7.90. The van der Waals surface area contributed by atoms with Crippen LogP contribution in [0.4, 0.5) is 13.2 Å². The first kappa shape index (κ1) is 18.4. The molecule has 11 heteroatoms. The summed E-state index contributed by atoms with van der Waals surface area (Å²) in [5.74, 6) is -4.54. The molecule has 0 radical (unpaired) electrons. The minimum Gasteiger partial charge on any atom is -0.462 e. The number of ether oxygens (including phenoxy) is 2. The zero-order valence-corrected chi connectivity index (χ0v) is 14.2. The molecule has 2 aliphatic carbocycles. The molecule has 3 aliphatic rings. The van der Waals surface area contributed by atoms with E-state index in [4.69, 9.17) is 9.47 Å². The van der Waals surface area contributed by atoms with E-state index in [1.807, 2.05) is 0 Å². The first-order valence-corrected chi connectivity index (χ1v) is 9.35. The average molecular weight is 385 g/mol. The summed E-state index contributed by atoms with van der Waals surface area (Å²) in [6, 6.07) is 0. The first-order chi connectivity index (χ1) is 11.4. The summed E-state index contributed by atoms with van der Waals surface area (Å²) in [5.41, 5.74) is -6.14. The lowest BCUT2D eigenvalue weighted by Crippen LogP contribution is -2.47. The monoisotopic (exact) mass is 385 g/mol. The summed E-state index contributed by atoms with van der Waals surface area (Å²) < 4.78 is 71.1. The largest absolute Gasteiger partial charge is 0.516 e. The summed E-state index contributed by atoms with van der Waals surface area (Å²) in [4.78, 5) is 24.6. The molecule has 0 aromatic carbocycles. The van der Waals surface area contributed by atoms with Crippen molar-refractivity contribution in [3.8, 4) is 0 Å². The number of esters is 1. The molecule has 1 saturated heterocycles. The van der Waals surface area contributed by atoms with Crippen LogP contribution >= 0.6 is 0 Å². The number of rotatable bonds is 5. The van der Waals surface area contributed by atoms with E-state index in [0.717, 1.165) is 4.72 Å². The molecule has 5 atom stereocenters. The number of halogens is 3. The normalized spacial score (nSPS) is 37.0. The number of epoxide rings is 1. The van der Waals surface area contributed by atoms with Gasteiger partial charge < -0.3 is 9.47 Å². The van der Waals surface area contributed by atoms with Crippen LogP contribution in [0, 0.1) is 23.7 Å². The van der Waals surface area contributed by atoms with Gasteiger partial charge in [0.1, 0.15) is 12.2 Å². The van der Waals surface area contributed by atoms with Gasteiger partial charge in [0.05, 0.1) is 18.4 Å². The fourth-order valence-electron chi connectivity index (χ4n) is 3.79. The Morgan fingerprint density at radius 2 is 1.80 bits per heavy atom. The van der Waals surface area contributed by atoms with Gasteiger partial charge in [-0.05, 0) is 38.0 Å². The smallest absolute Gasteiger partial charge is 0.462 e. The SMILES string of the molecule is CC1(COC(=O)C2C3CCC(C3)C2C(=O)NS(=O)(=O)C(F)(F)F)CO1. The lowest BCUT2D eigenvalue weighted by Gasteiger charge is -2.28. The summed E-state index contributed by atoms with van der Waals surface area (Å²) in [6.45, 7) is 2.17. The molecule has 3 rings (SSSR count). The Balaban J connectivity index is 1.71. The Kier molecular flexibility index (Phi) is 4.30. The van der Waals surface area contributed by atoms with Crippen molar-refractivity contribution >= 4 is 21.9 Å². The van der Waals surface area contributed by atoms with Gasteiger partial charge in [-0.1, -0.05) is 0 Å². The number of fused-ring (bicyclic) bond motifs is 2. The van der Waals surface area contributed by atoms with Gasteiger partial charge in [-0.2, -0.15) is 21.6 Å². The lowest BCUT2D eigenvalue weighted by atomic mass is 9.79. The standard InChI is InChI=1S/C14H18F3NO6S/c1-13(6-24-13)5-23-12(20)10-8-3-2-7(4-8)9(10)11(19)18-25(21,22)14(15,16)17/h7-10H,2-6H2,1H3,(H,18,19). The van der Waals surface area contributed by atoms with E-state index in [-0.39, 0.29) is 18.4 Å². The molecule has 2 bridgehead atoms. The van der Waals surface area contributed by atoms with Crippen LogP contribution in [0.2, 0.25) is 0 Å². The number of amides is 1. The molecule has 1 heterocycles. The van der Waals surface area contributed by atoms with Crippen LogP contribution in [0.5, 0.6) is 0 Å². The fourth-order valence-corrected chi connectivity index (χ4v) is 4.31. The number of nitrogens with one attached hydrogen (secondary N) is 1. The van der Waals surface area contributed by atoms with Crippen molar-refractivity contribution in [2.45, 2.75) is 37.3 Å². The van der Waals surface area contributed by atoms with Crippen molar-refractivity contribution in [2.75, 3.05) is 13.2 Å². The second-order valence-corrected chi connectivity index (χ2v) is 8.82. The van der Waals surface area contributed by atoms with Crippen molar-refractivity contribution in [1.82, 2.24) is 4.72 Å². The van der Waals surface area contributed by atoms with Gasteiger partial charge in [-0.3, -0.25) is 9.59 Å². The highest BCUT2D eigenvalue weighted by Gasteiger charge is 2.57. The van der Waals surface area contributed by atoms with Crippen molar-refractivity contribution in [3.05, 3.63) is 0 Å². The number of sulfonamides is 1. The maximum absolute atomic E-state index is 12.5. The van der Waals surface area contributed by atoms with Gasteiger partial charge in [0, 0.05) is 0 Å². The van der Waals surface area contributed by atoms with Crippen LogP contribution in [0.3, 0.4) is 0 Å². The van der Waals surface area contributed by atoms with E-state index in [2.05, 4.69) is 0 Å². The van der Waals surface area contributed by atoms with E-state index in [0.29, 0.717) is 25.9 Å². The van der Waals surface area contributed by atoms with E-state index in [1.54, 1.807) is 6.92 Å². The Labute approximate surface area is 142 Å². The van der Waals surface area contributed by atoms with Crippen LogP contribution < -0.4 is 4.72 Å². The third kappa shape index (κ3) is 3.48. The molecule has 0 spiro atoms. The Morgan fingerprint density at radius 3 is 2.32 bits per heavy atom. The highest BCUT2D eigenvalue weighted by Crippen LogP contribution is 2.53. The van der Waals surface area contributed by atoms with Gasteiger partial charge in [0.2, 0.25) is 5.91 Å². The Hall–Kier alpha value is -1.36. The predicted octanol–water partition coefficient (Wildman–Crippen LogP) is 0.947. The maximum Gasteiger partial charge on any atom is 0.516 e. The minimum absolute atomic E-state index is 0.00505. The molecule has 25 heavy (non-hydrogen) atoms. The third-order valence-electron chi connectivity index (χ3n) is 5.19. The zero-order valence-electron chi connectivity index (χ0n) is 13.3. The van der Waals surface area contributed by atoms with Gasteiger partial charge >= 0.3 is 21.5 Å². The molecule has 1 amide bonds. The van der Waals surface area contributed by atoms with Crippen molar-refractivity contribution < 1.29 is 40.7 Å². The van der Waals surface area contributed by atoms with E-state index < -0.39 is 44.8 Å². The van der Waals surface area contributed by atoms with Crippen LogP contribution in [0.1, 0.15) is 26.2 Å². The van der Waals surface area contributed by atoms with E-state index in [1.165, 1.54) is 0 Å². The number of carbonyl (C=O) groups is 2. The number of hydrogen-bond donors (Lipinski definition) is 1. The Bertz CT molecular complexity index is 687. The van der Waals surface area contributed by atoms with Crippen LogP contribution in [0.25, 0.3) is 0 Å². The number of carbonyl (C=O) groups excluding carboxylic acids is 2. The topological polar surface area (TPSA) is 102 Å². The van der Waals surface area contributed by atoms with E-state index >= 15 is 0 Å². The molecule has 5 unspecified atom stereocenters. The first-order valence-electron chi connectivity index (χ1n) is 7.87. The fraction of sp³-hybridized carbons (Fsp3) is 0.857. The highest BCUT2D eigenvalue weighted by atomic mass is 32.2. The molecular weight excluding hydrogens is 367 g/mol. The molecule has 1 N–H and O–H groups in total. The second-order valence-electron chi connectivity index (χ2n) is 7.15. The summed E-state index contributed by atoms with van der Waals surface area (Å²) >= 11 is 0. The maximum atomic E-state index is 12.5. The number of hydrogen-bond acceptors (Lipinski definition) is 6. The number of alkyl halides is 3. The molecule has 0 aromatic heterocycles. The summed E-state index contributed by atoms with van der Waals surface area (Å²) in [6.07, 6.45) is 1.73. The third-order valence-corrected chi connectivity index (χ3v) is 6.27. The van der Waals surface area contributed by atoms with Crippen LogP contribution in [-0.2, 0) is 29.1 Å². The average Bonchev–Trinajstić information content (AvgIpc) is 2.94. The van der Waals surface area contributed by atoms with Crippen LogP contribution in [0.15, 0.2) is 0 Å². The molecule has 142 valence electrons. The predicted molar refractivity (Wildman–Crippen MR) is 76.2 cm³/mol. The van der Waals surface area contributed by atoms with Gasteiger partial charge in [-0.25, -0.2) is 4.72 Å². The van der Waals surface area contributed by atoms with Crippen molar-refractivity contribution in [3.63, 3.8) is 0 Å². The minimum atomic E-state index is -5.80. The van der Waals surface area contributed by atoms with E-state index in [9.17, 15) is 31.2 Å². The Morgan fingerprint density at radius 1 is 1.24 bits per heavy atom. The van der Waals surface area contributed by atoms with Crippen LogP contribution in [-0.4, -0.2) is 44.6 Å². The molecule has 1 aliphatic heterocycles. The summed E-state index contributed by atoms with van der Waals surface area (Å²) in [5, 5.41) is 0. The van der Waals surface area contributed by atoms with Gasteiger partial charge in [0.15, 0.2) is 0 Å².